The lowest BCUT2D eigenvalue weighted by Crippen LogP contribution is -2.49. The minimum absolute atomic E-state index is 0.173. The molecule has 0 heterocycles. The maximum Gasteiger partial charge on any atom is 0.343 e. The predicted octanol–water partition coefficient (Wildman–Crippen LogP) is 0.975. The highest BCUT2D eigenvalue weighted by molar-refractivity contribution is 7.98. The standard InChI is InChI=1S/C8H16N4O3S/c1-5(2)16-11-8(14)12(6(9)15-4)7(13)10-3/h5,9H,1-4H3,(H,10,13)(H,11,14). The third kappa shape index (κ3) is 4.39. The highest BCUT2D eigenvalue weighted by atomic mass is 32.2. The quantitative estimate of drug-likeness (QED) is 0.385. The van der Waals surface area contributed by atoms with Crippen LogP contribution in [0.25, 0.3) is 0 Å². The van der Waals surface area contributed by atoms with E-state index in [-0.39, 0.29) is 5.25 Å². The van der Waals surface area contributed by atoms with Crippen molar-refractivity contribution in [2.75, 3.05) is 14.2 Å². The first-order valence-corrected chi connectivity index (χ1v) is 5.42. The molecule has 0 unspecified atom stereocenters. The Labute approximate surface area is 98.5 Å². The van der Waals surface area contributed by atoms with Crippen LogP contribution in [0.2, 0.25) is 0 Å². The molecular weight excluding hydrogens is 232 g/mol. The number of rotatable bonds is 2. The van der Waals surface area contributed by atoms with Crippen molar-refractivity contribution >= 4 is 30.0 Å². The Balaban J connectivity index is 4.57. The van der Waals surface area contributed by atoms with Gasteiger partial charge in [-0.05, 0) is 11.9 Å². The fourth-order valence-corrected chi connectivity index (χ4v) is 1.12. The Hall–Kier alpha value is -1.44. The highest BCUT2D eigenvalue weighted by Crippen LogP contribution is 2.05. The zero-order chi connectivity index (χ0) is 12.7. The average molecular weight is 248 g/mol. The van der Waals surface area contributed by atoms with Crippen LogP contribution in [0.3, 0.4) is 0 Å². The summed E-state index contributed by atoms with van der Waals surface area (Å²) in [5, 5.41) is 9.74. The van der Waals surface area contributed by atoms with Gasteiger partial charge in [0.15, 0.2) is 0 Å². The first-order chi connectivity index (χ1) is 7.43. The molecule has 16 heavy (non-hydrogen) atoms. The second-order valence-corrected chi connectivity index (χ2v) is 4.36. The summed E-state index contributed by atoms with van der Waals surface area (Å²) in [4.78, 5) is 23.4. The highest BCUT2D eigenvalue weighted by Gasteiger charge is 2.26. The predicted molar refractivity (Wildman–Crippen MR) is 62.3 cm³/mol. The van der Waals surface area contributed by atoms with E-state index < -0.39 is 18.1 Å². The average Bonchev–Trinajstić information content (AvgIpc) is 2.25. The molecule has 0 radical (unpaired) electrons. The van der Waals surface area contributed by atoms with Gasteiger partial charge < -0.3 is 10.1 Å². The molecule has 0 aromatic carbocycles. The number of nitrogens with zero attached hydrogens (tertiary/aromatic N) is 1. The van der Waals surface area contributed by atoms with Crippen LogP contribution in [0.5, 0.6) is 0 Å². The van der Waals surface area contributed by atoms with Crippen LogP contribution in [-0.2, 0) is 4.74 Å². The van der Waals surface area contributed by atoms with E-state index >= 15 is 0 Å². The van der Waals surface area contributed by atoms with Gasteiger partial charge >= 0.3 is 18.1 Å². The molecule has 0 aliphatic carbocycles. The lowest BCUT2D eigenvalue weighted by Gasteiger charge is -2.19. The molecule has 8 heteroatoms. The van der Waals surface area contributed by atoms with Crippen molar-refractivity contribution < 1.29 is 14.3 Å². The molecule has 0 saturated carbocycles. The summed E-state index contributed by atoms with van der Waals surface area (Å²) in [7, 11) is 2.57. The molecule has 0 aliphatic heterocycles. The first kappa shape index (κ1) is 14.6. The van der Waals surface area contributed by atoms with Gasteiger partial charge in [-0.15, -0.1) is 0 Å². The van der Waals surface area contributed by atoms with Gasteiger partial charge in [-0.25, -0.2) is 9.59 Å². The van der Waals surface area contributed by atoms with E-state index in [1.165, 1.54) is 14.2 Å². The molecule has 0 saturated heterocycles. The fraction of sp³-hybridized carbons (Fsp3) is 0.625. The van der Waals surface area contributed by atoms with E-state index in [9.17, 15) is 9.59 Å². The van der Waals surface area contributed by atoms with Crippen molar-refractivity contribution in [2.45, 2.75) is 19.1 Å². The number of hydrogen-bond donors (Lipinski definition) is 3. The van der Waals surface area contributed by atoms with Gasteiger partial charge in [0.05, 0.1) is 7.11 Å². The molecule has 3 N–H and O–H groups in total. The normalized spacial score (nSPS) is 9.56. The second kappa shape index (κ2) is 6.94. The third-order valence-corrected chi connectivity index (χ3v) is 2.16. The number of ether oxygens (including phenoxy) is 1. The number of imide groups is 1. The van der Waals surface area contributed by atoms with E-state index in [0.29, 0.717) is 4.90 Å². The molecule has 7 nitrogen and oxygen atoms in total. The first-order valence-electron chi connectivity index (χ1n) is 4.54. The van der Waals surface area contributed by atoms with E-state index in [1.807, 2.05) is 13.8 Å². The Morgan fingerprint density at radius 1 is 1.38 bits per heavy atom. The molecule has 0 aliphatic rings. The zero-order valence-electron chi connectivity index (χ0n) is 9.66. The molecule has 0 aromatic heterocycles. The lowest BCUT2D eigenvalue weighted by molar-refractivity contribution is 0.199. The topological polar surface area (TPSA) is 94.5 Å². The second-order valence-electron chi connectivity index (χ2n) is 2.97. The number of urea groups is 2. The number of carbonyl (C=O) groups is 2. The number of nitrogens with one attached hydrogen (secondary N) is 3. The minimum Gasteiger partial charge on any atom is -0.468 e. The summed E-state index contributed by atoms with van der Waals surface area (Å²) < 4.78 is 6.98. The van der Waals surface area contributed by atoms with Gasteiger partial charge in [-0.1, -0.05) is 13.8 Å². The summed E-state index contributed by atoms with van der Waals surface area (Å²) in [6.07, 6.45) is 0. The summed E-state index contributed by atoms with van der Waals surface area (Å²) >= 11 is 1.15. The minimum atomic E-state index is -0.728. The van der Waals surface area contributed by atoms with Crippen LogP contribution in [0, 0.1) is 5.41 Å². The third-order valence-electron chi connectivity index (χ3n) is 1.40. The van der Waals surface area contributed by atoms with E-state index in [0.717, 1.165) is 11.9 Å². The Kier molecular flexibility index (Phi) is 6.31. The van der Waals surface area contributed by atoms with Gasteiger partial charge in [-0.2, -0.15) is 4.90 Å². The van der Waals surface area contributed by atoms with Crippen LogP contribution < -0.4 is 10.0 Å². The molecule has 92 valence electrons. The maximum absolute atomic E-state index is 11.6. The zero-order valence-corrected chi connectivity index (χ0v) is 10.5. The molecule has 0 atom stereocenters. The van der Waals surface area contributed by atoms with Crippen molar-refractivity contribution in [3.8, 4) is 0 Å². The number of amidine groups is 1. The molecule has 0 rings (SSSR count). The molecule has 0 aromatic rings. The maximum atomic E-state index is 11.6. The number of hydrogen-bond acceptors (Lipinski definition) is 5. The van der Waals surface area contributed by atoms with Crippen LogP contribution in [0.1, 0.15) is 13.8 Å². The SMILES string of the molecule is CNC(=O)N(C(=N)OC)C(=O)NSC(C)C. The monoisotopic (exact) mass is 248 g/mol. The summed E-state index contributed by atoms with van der Waals surface area (Å²) in [5.41, 5.74) is 0. The molecule has 0 fully saturated rings. The Morgan fingerprint density at radius 3 is 2.31 bits per heavy atom. The smallest absolute Gasteiger partial charge is 0.343 e. The Bertz CT molecular complexity index is 266. The molecule has 4 amide bonds. The van der Waals surface area contributed by atoms with Crippen molar-refractivity contribution in [1.29, 1.82) is 5.41 Å². The van der Waals surface area contributed by atoms with Gasteiger partial charge in [0.25, 0.3) is 0 Å². The van der Waals surface area contributed by atoms with Crippen LogP contribution in [0.4, 0.5) is 9.59 Å². The number of methoxy groups -OCH3 is 1. The summed E-state index contributed by atoms with van der Waals surface area (Å²) in [6.45, 7) is 3.77. The van der Waals surface area contributed by atoms with Crippen molar-refractivity contribution in [2.24, 2.45) is 0 Å². The van der Waals surface area contributed by atoms with Crippen LogP contribution in [-0.4, -0.2) is 42.4 Å². The van der Waals surface area contributed by atoms with Gasteiger partial charge in [-0.3, -0.25) is 10.1 Å². The lowest BCUT2D eigenvalue weighted by atomic mass is 10.6. The molecular formula is C8H16N4O3S. The van der Waals surface area contributed by atoms with E-state index in [4.69, 9.17) is 5.41 Å². The summed E-state index contributed by atoms with van der Waals surface area (Å²) in [5.74, 6) is 0. The Morgan fingerprint density at radius 2 is 1.94 bits per heavy atom. The largest absolute Gasteiger partial charge is 0.468 e. The van der Waals surface area contributed by atoms with E-state index in [1.54, 1.807) is 0 Å². The number of amides is 4. The van der Waals surface area contributed by atoms with Crippen molar-refractivity contribution in [3.05, 3.63) is 0 Å². The van der Waals surface area contributed by atoms with Gasteiger partial charge in [0, 0.05) is 12.3 Å². The molecule has 0 spiro atoms. The van der Waals surface area contributed by atoms with Crippen molar-refractivity contribution in [3.63, 3.8) is 0 Å². The van der Waals surface area contributed by atoms with Gasteiger partial charge in [0.2, 0.25) is 0 Å². The number of carbonyl (C=O) groups excluding carboxylic acids is 2. The van der Waals surface area contributed by atoms with Crippen LogP contribution in [0.15, 0.2) is 0 Å². The van der Waals surface area contributed by atoms with E-state index in [2.05, 4.69) is 14.8 Å². The van der Waals surface area contributed by atoms with Crippen molar-refractivity contribution in [1.82, 2.24) is 14.9 Å². The fourth-order valence-electron chi connectivity index (χ4n) is 0.694. The molecule has 0 bridgehead atoms. The van der Waals surface area contributed by atoms with Crippen LogP contribution >= 0.6 is 11.9 Å². The summed E-state index contributed by atoms with van der Waals surface area (Å²) in [6, 6.07) is -1.99. The van der Waals surface area contributed by atoms with Gasteiger partial charge in [0.1, 0.15) is 0 Å².